The molecule has 2 heterocycles. The van der Waals surface area contributed by atoms with Gasteiger partial charge in [-0.05, 0) is 64.2 Å². The van der Waals surface area contributed by atoms with Crippen LogP contribution in [0.15, 0.2) is 0 Å². The van der Waals surface area contributed by atoms with Crippen molar-refractivity contribution in [2.75, 3.05) is 33.2 Å². The van der Waals surface area contributed by atoms with Crippen LogP contribution in [0.3, 0.4) is 0 Å². The van der Waals surface area contributed by atoms with Gasteiger partial charge in [0.2, 0.25) is 5.91 Å². The molecule has 0 aromatic carbocycles. The molecule has 0 spiro atoms. The van der Waals surface area contributed by atoms with Crippen molar-refractivity contribution in [3.05, 3.63) is 0 Å². The first-order valence-electron chi connectivity index (χ1n) is 7.35. The fourth-order valence-electron chi connectivity index (χ4n) is 2.94. The van der Waals surface area contributed by atoms with Crippen molar-refractivity contribution >= 4 is 5.91 Å². The van der Waals surface area contributed by atoms with E-state index < -0.39 is 0 Å². The summed E-state index contributed by atoms with van der Waals surface area (Å²) >= 11 is 0. The second-order valence-electron chi connectivity index (χ2n) is 6.13. The molecule has 2 aliphatic heterocycles. The Balaban J connectivity index is 1.68. The van der Waals surface area contributed by atoms with Crippen LogP contribution in [-0.4, -0.2) is 50.1 Å². The molecular formula is C14H27N3O. The average Bonchev–Trinajstić information content (AvgIpc) is 2.38. The van der Waals surface area contributed by atoms with E-state index in [0.29, 0.717) is 11.8 Å². The van der Waals surface area contributed by atoms with Crippen molar-refractivity contribution in [3.63, 3.8) is 0 Å². The number of rotatable bonds is 3. The third-order valence-corrected chi connectivity index (χ3v) is 4.39. The molecule has 104 valence electrons. The summed E-state index contributed by atoms with van der Waals surface area (Å²) < 4.78 is 0. The topological polar surface area (TPSA) is 44.4 Å². The van der Waals surface area contributed by atoms with Crippen LogP contribution >= 0.6 is 0 Å². The molecule has 4 nitrogen and oxygen atoms in total. The van der Waals surface area contributed by atoms with Crippen molar-refractivity contribution in [2.24, 2.45) is 11.8 Å². The Hall–Kier alpha value is -0.610. The van der Waals surface area contributed by atoms with Crippen LogP contribution in [0.2, 0.25) is 0 Å². The highest BCUT2D eigenvalue weighted by atomic mass is 16.2. The van der Waals surface area contributed by atoms with Gasteiger partial charge < -0.3 is 15.5 Å². The lowest BCUT2D eigenvalue weighted by atomic mass is 9.93. The average molecular weight is 253 g/mol. The Labute approximate surface area is 110 Å². The van der Waals surface area contributed by atoms with E-state index in [4.69, 9.17) is 0 Å². The zero-order chi connectivity index (χ0) is 13.0. The first kappa shape index (κ1) is 13.8. The molecule has 2 rings (SSSR count). The summed E-state index contributed by atoms with van der Waals surface area (Å²) in [5, 5.41) is 6.46. The second-order valence-corrected chi connectivity index (χ2v) is 6.13. The number of nitrogens with one attached hydrogen (secondary N) is 2. The zero-order valence-corrected chi connectivity index (χ0v) is 11.7. The van der Waals surface area contributed by atoms with Crippen molar-refractivity contribution in [1.82, 2.24) is 15.5 Å². The van der Waals surface area contributed by atoms with Crippen LogP contribution in [-0.2, 0) is 4.79 Å². The Morgan fingerprint density at radius 3 is 2.72 bits per heavy atom. The third kappa shape index (κ3) is 3.95. The van der Waals surface area contributed by atoms with Crippen LogP contribution < -0.4 is 10.6 Å². The molecule has 0 aliphatic carbocycles. The van der Waals surface area contributed by atoms with Gasteiger partial charge in [0.25, 0.3) is 0 Å². The van der Waals surface area contributed by atoms with Crippen molar-refractivity contribution in [2.45, 2.75) is 38.6 Å². The van der Waals surface area contributed by atoms with Gasteiger partial charge in [-0.15, -0.1) is 0 Å². The highest BCUT2D eigenvalue weighted by Gasteiger charge is 2.25. The highest BCUT2D eigenvalue weighted by molar-refractivity contribution is 5.81. The first-order chi connectivity index (χ1) is 8.65. The van der Waals surface area contributed by atoms with Gasteiger partial charge in [0, 0.05) is 6.54 Å². The Kier molecular flexibility index (Phi) is 5.01. The van der Waals surface area contributed by atoms with E-state index in [9.17, 15) is 4.79 Å². The zero-order valence-electron chi connectivity index (χ0n) is 11.7. The second kappa shape index (κ2) is 6.53. The summed E-state index contributed by atoms with van der Waals surface area (Å²) in [7, 11) is 2.17. The molecule has 2 unspecified atom stereocenters. The molecule has 0 saturated carbocycles. The normalized spacial score (nSPS) is 31.2. The molecule has 2 N–H and O–H groups in total. The van der Waals surface area contributed by atoms with Crippen LogP contribution in [0.1, 0.15) is 32.6 Å². The maximum absolute atomic E-state index is 12.1. The van der Waals surface area contributed by atoms with Gasteiger partial charge in [-0.25, -0.2) is 0 Å². The molecule has 0 aromatic rings. The predicted octanol–water partition coefficient (Wildman–Crippen LogP) is 0.833. The molecule has 2 aliphatic rings. The first-order valence-corrected chi connectivity index (χ1v) is 7.35. The minimum Gasteiger partial charge on any atom is -0.354 e. The molecule has 2 atom stereocenters. The van der Waals surface area contributed by atoms with Gasteiger partial charge in [0.15, 0.2) is 0 Å². The van der Waals surface area contributed by atoms with E-state index in [1.54, 1.807) is 0 Å². The summed E-state index contributed by atoms with van der Waals surface area (Å²) in [6.07, 6.45) is 4.61. The molecule has 0 aromatic heterocycles. The molecule has 4 heteroatoms. The molecule has 2 fully saturated rings. The maximum Gasteiger partial charge on any atom is 0.237 e. The van der Waals surface area contributed by atoms with Crippen LogP contribution in [0.25, 0.3) is 0 Å². The SMILES string of the molecule is CC1CCNC(C(=O)NCC2CCN(C)CC2)C1. The van der Waals surface area contributed by atoms with Gasteiger partial charge >= 0.3 is 0 Å². The monoisotopic (exact) mass is 253 g/mol. The van der Waals surface area contributed by atoms with Gasteiger partial charge in [-0.1, -0.05) is 6.92 Å². The lowest BCUT2D eigenvalue weighted by Gasteiger charge is -2.31. The summed E-state index contributed by atoms with van der Waals surface area (Å²) in [5.74, 6) is 1.55. The molecule has 0 radical (unpaired) electrons. The molecule has 2 saturated heterocycles. The fraction of sp³-hybridized carbons (Fsp3) is 0.929. The molecular weight excluding hydrogens is 226 g/mol. The van der Waals surface area contributed by atoms with Crippen LogP contribution in [0.4, 0.5) is 0 Å². The Morgan fingerprint density at radius 1 is 1.33 bits per heavy atom. The van der Waals surface area contributed by atoms with Crippen LogP contribution in [0, 0.1) is 11.8 Å². The number of hydrogen-bond acceptors (Lipinski definition) is 3. The lowest BCUT2D eigenvalue weighted by Crippen LogP contribution is -2.49. The van der Waals surface area contributed by atoms with E-state index in [2.05, 4.69) is 29.5 Å². The van der Waals surface area contributed by atoms with E-state index in [-0.39, 0.29) is 11.9 Å². The number of piperidine rings is 2. The number of carbonyl (C=O) groups excluding carboxylic acids is 1. The van der Waals surface area contributed by atoms with Crippen molar-refractivity contribution in [1.29, 1.82) is 0 Å². The lowest BCUT2D eigenvalue weighted by molar-refractivity contribution is -0.124. The fourth-order valence-corrected chi connectivity index (χ4v) is 2.94. The molecule has 0 bridgehead atoms. The smallest absolute Gasteiger partial charge is 0.237 e. The largest absolute Gasteiger partial charge is 0.354 e. The predicted molar refractivity (Wildman–Crippen MR) is 73.4 cm³/mol. The number of likely N-dealkylation sites (tertiary alicyclic amines) is 1. The standard InChI is InChI=1S/C14H27N3O/c1-11-3-6-15-13(9-11)14(18)16-10-12-4-7-17(2)8-5-12/h11-13,15H,3-10H2,1-2H3,(H,16,18). The highest BCUT2D eigenvalue weighted by Crippen LogP contribution is 2.17. The number of carbonyl (C=O) groups is 1. The number of hydrogen-bond donors (Lipinski definition) is 2. The van der Waals surface area contributed by atoms with E-state index in [1.807, 2.05) is 0 Å². The van der Waals surface area contributed by atoms with E-state index in [1.165, 1.54) is 32.4 Å². The van der Waals surface area contributed by atoms with Crippen molar-refractivity contribution in [3.8, 4) is 0 Å². The number of amides is 1. The maximum atomic E-state index is 12.1. The van der Waals surface area contributed by atoms with Gasteiger partial charge in [0.05, 0.1) is 6.04 Å². The molecule has 1 amide bonds. The minimum atomic E-state index is 0.0417. The van der Waals surface area contributed by atoms with Crippen LogP contribution in [0.5, 0.6) is 0 Å². The summed E-state index contributed by atoms with van der Waals surface area (Å²) in [4.78, 5) is 14.4. The Morgan fingerprint density at radius 2 is 2.06 bits per heavy atom. The summed E-state index contributed by atoms with van der Waals surface area (Å²) in [6.45, 7) is 6.41. The molecule has 18 heavy (non-hydrogen) atoms. The van der Waals surface area contributed by atoms with Gasteiger partial charge in [-0.3, -0.25) is 4.79 Å². The number of nitrogens with zero attached hydrogens (tertiary/aromatic N) is 1. The van der Waals surface area contributed by atoms with E-state index >= 15 is 0 Å². The summed E-state index contributed by atoms with van der Waals surface area (Å²) in [5.41, 5.74) is 0. The van der Waals surface area contributed by atoms with Gasteiger partial charge in [-0.2, -0.15) is 0 Å². The van der Waals surface area contributed by atoms with Crippen molar-refractivity contribution < 1.29 is 4.79 Å². The summed E-state index contributed by atoms with van der Waals surface area (Å²) in [6, 6.07) is 0.0417. The van der Waals surface area contributed by atoms with Gasteiger partial charge in [0.1, 0.15) is 0 Å². The quantitative estimate of drug-likeness (QED) is 0.783. The minimum absolute atomic E-state index is 0.0417. The Bertz CT molecular complexity index is 274. The third-order valence-electron chi connectivity index (χ3n) is 4.39. The van der Waals surface area contributed by atoms with E-state index in [0.717, 1.165) is 19.5 Å².